The maximum Gasteiger partial charge on any atom is 0.319 e. The lowest BCUT2D eigenvalue weighted by Crippen LogP contribution is -2.34. The van der Waals surface area contributed by atoms with Crippen LogP contribution in [0.4, 0.5) is 10.5 Å². The Bertz CT molecular complexity index is 949. The van der Waals surface area contributed by atoms with E-state index in [4.69, 9.17) is 0 Å². The maximum absolute atomic E-state index is 12.6. The van der Waals surface area contributed by atoms with Gasteiger partial charge in [-0.2, -0.15) is 0 Å². The first-order valence-electron chi connectivity index (χ1n) is 10.4. The van der Waals surface area contributed by atoms with E-state index < -0.39 is 0 Å². The summed E-state index contributed by atoms with van der Waals surface area (Å²) in [5, 5.41) is 14.7. The molecule has 3 aromatic rings. The fourth-order valence-electron chi connectivity index (χ4n) is 3.82. The molecule has 6 nitrogen and oxygen atoms in total. The van der Waals surface area contributed by atoms with Crippen molar-refractivity contribution in [3.63, 3.8) is 0 Å². The molecule has 0 spiro atoms. The van der Waals surface area contributed by atoms with Crippen LogP contribution in [0.25, 0.3) is 11.1 Å². The minimum absolute atomic E-state index is 0.155. The average Bonchev–Trinajstić information content (AvgIpc) is 3.01. The molecule has 2 aromatic carbocycles. The molecule has 4 rings (SSSR count). The summed E-state index contributed by atoms with van der Waals surface area (Å²) in [4.78, 5) is 12.6. The number of aromatic nitrogens is 3. The molecule has 0 fully saturated rings. The molecule has 2 heterocycles. The molecule has 0 saturated heterocycles. The molecular formula is C23H27N5O. The van der Waals surface area contributed by atoms with E-state index in [0.29, 0.717) is 0 Å². The molecular weight excluding hydrogens is 362 g/mol. The molecule has 1 aliphatic rings. The van der Waals surface area contributed by atoms with Gasteiger partial charge in [-0.1, -0.05) is 55.8 Å². The van der Waals surface area contributed by atoms with Crippen LogP contribution in [0, 0.1) is 0 Å². The number of fused-ring (bicyclic) bond motifs is 1. The van der Waals surface area contributed by atoms with E-state index in [-0.39, 0.29) is 12.1 Å². The highest BCUT2D eigenvalue weighted by Gasteiger charge is 2.22. The van der Waals surface area contributed by atoms with Gasteiger partial charge in [-0.3, -0.25) is 0 Å². The number of rotatable bonds is 5. The highest BCUT2D eigenvalue weighted by atomic mass is 16.2. The van der Waals surface area contributed by atoms with Crippen LogP contribution in [0.2, 0.25) is 0 Å². The van der Waals surface area contributed by atoms with Crippen molar-refractivity contribution in [2.75, 3.05) is 5.32 Å². The van der Waals surface area contributed by atoms with Crippen molar-refractivity contribution in [2.45, 2.75) is 51.6 Å². The number of carbonyl (C=O) groups is 1. The molecule has 0 saturated carbocycles. The Balaban J connectivity index is 1.41. The second-order valence-corrected chi connectivity index (χ2v) is 7.44. The first-order chi connectivity index (χ1) is 14.2. The van der Waals surface area contributed by atoms with Crippen LogP contribution in [0.15, 0.2) is 54.6 Å². The molecule has 2 N–H and O–H groups in total. The Morgan fingerprint density at radius 3 is 2.52 bits per heavy atom. The topological polar surface area (TPSA) is 71.8 Å². The smallest absolute Gasteiger partial charge is 0.319 e. The van der Waals surface area contributed by atoms with Gasteiger partial charge in [0.1, 0.15) is 5.82 Å². The summed E-state index contributed by atoms with van der Waals surface area (Å²) in [7, 11) is 0. The monoisotopic (exact) mass is 389 g/mol. The van der Waals surface area contributed by atoms with Gasteiger partial charge in [-0.25, -0.2) is 4.79 Å². The van der Waals surface area contributed by atoms with Crippen molar-refractivity contribution in [3.8, 4) is 11.1 Å². The van der Waals surface area contributed by atoms with E-state index in [2.05, 4.69) is 44.5 Å². The van der Waals surface area contributed by atoms with Gasteiger partial charge in [-0.15, -0.1) is 10.2 Å². The number of amides is 2. The van der Waals surface area contributed by atoms with E-state index in [1.165, 1.54) is 6.42 Å². The summed E-state index contributed by atoms with van der Waals surface area (Å²) >= 11 is 0. The number of nitrogens with one attached hydrogen (secondary N) is 2. The lowest BCUT2D eigenvalue weighted by atomic mass is 10.1. The summed E-state index contributed by atoms with van der Waals surface area (Å²) in [6.07, 6.45) is 5.23. The standard InChI is InChI=1S/C23H27N5O/c1-2-20(22-27-26-21-11-7-4-8-16-28(21)22)25-23(29)24-19-14-12-18(13-15-19)17-9-5-3-6-10-17/h3,5-6,9-10,12-15,20H,2,4,7-8,11,16H2,1H3,(H2,24,25,29). The Morgan fingerprint density at radius 1 is 1.00 bits per heavy atom. The highest BCUT2D eigenvalue weighted by molar-refractivity contribution is 5.89. The van der Waals surface area contributed by atoms with Gasteiger partial charge in [0.2, 0.25) is 0 Å². The van der Waals surface area contributed by atoms with Crippen LogP contribution >= 0.6 is 0 Å². The van der Waals surface area contributed by atoms with Gasteiger partial charge in [0.05, 0.1) is 6.04 Å². The molecule has 29 heavy (non-hydrogen) atoms. The third-order valence-corrected chi connectivity index (χ3v) is 5.41. The van der Waals surface area contributed by atoms with Crippen LogP contribution in [0.1, 0.15) is 50.3 Å². The summed E-state index contributed by atoms with van der Waals surface area (Å²) < 4.78 is 2.19. The third-order valence-electron chi connectivity index (χ3n) is 5.41. The van der Waals surface area contributed by atoms with Gasteiger partial charge < -0.3 is 15.2 Å². The second kappa shape index (κ2) is 8.90. The van der Waals surface area contributed by atoms with Crippen LogP contribution < -0.4 is 10.6 Å². The molecule has 6 heteroatoms. The zero-order valence-electron chi connectivity index (χ0n) is 16.8. The Morgan fingerprint density at radius 2 is 1.76 bits per heavy atom. The van der Waals surface area contributed by atoms with Gasteiger partial charge in [-0.05, 0) is 42.5 Å². The third kappa shape index (κ3) is 4.47. The molecule has 150 valence electrons. The lowest BCUT2D eigenvalue weighted by Gasteiger charge is -2.18. The Hall–Kier alpha value is -3.15. The van der Waals surface area contributed by atoms with Crippen LogP contribution in [0.5, 0.6) is 0 Å². The minimum atomic E-state index is -0.227. The predicted molar refractivity (Wildman–Crippen MR) is 115 cm³/mol. The van der Waals surface area contributed by atoms with Crippen molar-refractivity contribution in [3.05, 3.63) is 66.2 Å². The normalized spacial score (nSPS) is 14.5. The van der Waals surface area contributed by atoms with Crippen LogP contribution in [-0.4, -0.2) is 20.8 Å². The van der Waals surface area contributed by atoms with E-state index in [0.717, 1.165) is 60.7 Å². The number of benzene rings is 2. The summed E-state index contributed by atoms with van der Waals surface area (Å²) in [5.41, 5.74) is 3.04. The molecule has 1 aliphatic heterocycles. The van der Waals surface area contributed by atoms with Gasteiger partial charge in [0.15, 0.2) is 5.82 Å². The average molecular weight is 390 g/mol. The number of hydrogen-bond donors (Lipinski definition) is 2. The number of hydrogen-bond acceptors (Lipinski definition) is 3. The maximum atomic E-state index is 12.6. The molecule has 0 aliphatic carbocycles. The zero-order chi connectivity index (χ0) is 20.1. The first-order valence-corrected chi connectivity index (χ1v) is 10.4. The van der Waals surface area contributed by atoms with Gasteiger partial charge >= 0.3 is 6.03 Å². The number of anilines is 1. The SMILES string of the molecule is CCC(NC(=O)Nc1ccc(-c2ccccc2)cc1)c1nnc2n1CCCCC2. The van der Waals surface area contributed by atoms with E-state index in [1.54, 1.807) is 0 Å². The molecule has 1 unspecified atom stereocenters. The summed E-state index contributed by atoms with van der Waals surface area (Å²) in [6.45, 7) is 2.98. The fourth-order valence-corrected chi connectivity index (χ4v) is 3.82. The second-order valence-electron chi connectivity index (χ2n) is 7.44. The van der Waals surface area contributed by atoms with Crippen LogP contribution in [0.3, 0.4) is 0 Å². The van der Waals surface area contributed by atoms with Crippen molar-refractivity contribution >= 4 is 11.7 Å². The largest absolute Gasteiger partial charge is 0.328 e. The minimum Gasteiger partial charge on any atom is -0.328 e. The zero-order valence-corrected chi connectivity index (χ0v) is 16.8. The quantitative estimate of drug-likeness (QED) is 0.649. The van der Waals surface area contributed by atoms with Crippen molar-refractivity contribution in [1.82, 2.24) is 20.1 Å². The van der Waals surface area contributed by atoms with Crippen molar-refractivity contribution < 1.29 is 4.79 Å². The Labute approximate surface area is 171 Å². The number of urea groups is 1. The van der Waals surface area contributed by atoms with E-state index in [1.807, 2.05) is 42.5 Å². The molecule has 1 aromatic heterocycles. The number of nitrogens with zero attached hydrogens (tertiary/aromatic N) is 3. The van der Waals surface area contributed by atoms with Gasteiger partial charge in [0, 0.05) is 18.7 Å². The van der Waals surface area contributed by atoms with E-state index in [9.17, 15) is 4.79 Å². The van der Waals surface area contributed by atoms with Crippen molar-refractivity contribution in [1.29, 1.82) is 0 Å². The number of carbonyl (C=O) groups excluding carboxylic acids is 1. The Kier molecular flexibility index (Phi) is 5.89. The van der Waals surface area contributed by atoms with E-state index >= 15 is 0 Å². The van der Waals surface area contributed by atoms with Crippen LogP contribution in [-0.2, 0) is 13.0 Å². The summed E-state index contributed by atoms with van der Waals surface area (Å²) in [5.74, 6) is 1.90. The molecule has 0 radical (unpaired) electrons. The fraction of sp³-hybridized carbons (Fsp3) is 0.348. The van der Waals surface area contributed by atoms with Crippen molar-refractivity contribution in [2.24, 2.45) is 0 Å². The summed E-state index contributed by atoms with van der Waals surface area (Å²) in [6, 6.07) is 17.7. The highest BCUT2D eigenvalue weighted by Crippen LogP contribution is 2.22. The number of aryl methyl sites for hydroxylation is 1. The molecule has 0 bridgehead atoms. The molecule has 1 atom stereocenters. The van der Waals surface area contributed by atoms with Gasteiger partial charge in [0.25, 0.3) is 0 Å². The predicted octanol–water partition coefficient (Wildman–Crippen LogP) is 4.94. The lowest BCUT2D eigenvalue weighted by molar-refractivity contribution is 0.247. The first kappa shape index (κ1) is 19.2. The molecule has 2 amide bonds.